The predicted octanol–water partition coefficient (Wildman–Crippen LogP) is 4.95. The maximum atomic E-state index is 12.5. The molecule has 0 bridgehead atoms. The molecule has 146 valence electrons. The smallest absolute Gasteiger partial charge is 0.258 e. The fourth-order valence-corrected chi connectivity index (χ4v) is 3.13. The molecule has 0 radical (unpaired) electrons. The van der Waals surface area contributed by atoms with Crippen LogP contribution in [0.25, 0.3) is 0 Å². The van der Waals surface area contributed by atoms with Crippen molar-refractivity contribution in [3.63, 3.8) is 0 Å². The van der Waals surface area contributed by atoms with Gasteiger partial charge in [0.1, 0.15) is 11.5 Å². The van der Waals surface area contributed by atoms with Crippen molar-refractivity contribution in [2.75, 3.05) is 13.7 Å². The topological polar surface area (TPSA) is 47.6 Å². The number of para-hydroxylation sites is 1. The molecule has 0 aliphatic heterocycles. The Hall–Kier alpha value is -2.49. The van der Waals surface area contributed by atoms with Crippen LogP contribution in [0.1, 0.15) is 56.8 Å². The van der Waals surface area contributed by atoms with Crippen molar-refractivity contribution in [1.82, 2.24) is 5.32 Å². The van der Waals surface area contributed by atoms with Crippen LogP contribution < -0.4 is 14.8 Å². The number of carbonyl (C=O) groups excluding carboxylic acids is 1. The Balaban J connectivity index is 2.03. The van der Waals surface area contributed by atoms with Crippen molar-refractivity contribution in [2.45, 2.75) is 52.5 Å². The normalized spacial score (nSPS) is 12.4. The molecule has 1 atom stereocenters. The first kappa shape index (κ1) is 20.8. The summed E-state index contributed by atoms with van der Waals surface area (Å²) in [6, 6.07) is 13.8. The number of amides is 1. The molecule has 2 rings (SSSR count). The van der Waals surface area contributed by atoms with Gasteiger partial charge in [0.15, 0.2) is 6.61 Å². The van der Waals surface area contributed by atoms with E-state index in [1.54, 1.807) is 7.11 Å². The van der Waals surface area contributed by atoms with Crippen LogP contribution in [-0.2, 0) is 10.2 Å². The number of carbonyl (C=O) groups is 1. The molecule has 0 saturated carbocycles. The third-order valence-corrected chi connectivity index (χ3v) is 4.62. The fraction of sp³-hybridized carbons (Fsp3) is 0.435. The minimum absolute atomic E-state index is 0.00126. The van der Waals surface area contributed by atoms with Gasteiger partial charge < -0.3 is 14.8 Å². The maximum Gasteiger partial charge on any atom is 0.258 e. The average molecular weight is 370 g/mol. The third kappa shape index (κ3) is 5.49. The number of methoxy groups -OCH3 is 1. The highest BCUT2D eigenvalue weighted by molar-refractivity contribution is 5.78. The van der Waals surface area contributed by atoms with Crippen molar-refractivity contribution in [1.29, 1.82) is 0 Å². The first-order chi connectivity index (χ1) is 12.8. The number of rotatable bonds is 7. The number of ether oxygens (including phenoxy) is 2. The molecule has 2 aromatic rings. The molecular formula is C23H31NO3. The molecule has 0 aliphatic carbocycles. The zero-order chi connectivity index (χ0) is 20.0. The lowest BCUT2D eigenvalue weighted by molar-refractivity contribution is -0.123. The Kier molecular flexibility index (Phi) is 6.89. The van der Waals surface area contributed by atoms with Crippen LogP contribution >= 0.6 is 0 Å². The van der Waals surface area contributed by atoms with Crippen LogP contribution in [0.5, 0.6) is 11.5 Å². The molecule has 2 aromatic carbocycles. The van der Waals surface area contributed by atoms with Gasteiger partial charge in [-0.25, -0.2) is 0 Å². The van der Waals surface area contributed by atoms with E-state index >= 15 is 0 Å². The first-order valence-corrected chi connectivity index (χ1v) is 9.42. The second kappa shape index (κ2) is 8.94. The Morgan fingerprint density at radius 2 is 1.81 bits per heavy atom. The molecule has 1 amide bonds. The highest BCUT2D eigenvalue weighted by Gasteiger charge is 2.19. The molecule has 4 nitrogen and oxygen atoms in total. The summed E-state index contributed by atoms with van der Waals surface area (Å²) in [5.74, 6) is 1.48. The maximum absolute atomic E-state index is 12.5. The Labute approximate surface area is 162 Å². The SMILES string of the molecule is CC[C@@H](NC(=O)COc1ccccc1C(C)(C)C)c1ccc(OC)c(C)c1. The second-order valence-corrected chi connectivity index (χ2v) is 7.79. The van der Waals surface area contributed by atoms with Gasteiger partial charge in [-0.15, -0.1) is 0 Å². The van der Waals surface area contributed by atoms with Gasteiger partial charge in [-0.3, -0.25) is 4.79 Å². The molecule has 0 unspecified atom stereocenters. The van der Waals surface area contributed by atoms with Gasteiger partial charge in [0.25, 0.3) is 5.91 Å². The van der Waals surface area contributed by atoms with Crippen LogP contribution in [0.15, 0.2) is 42.5 Å². The molecule has 0 spiro atoms. The summed E-state index contributed by atoms with van der Waals surface area (Å²) in [4.78, 5) is 12.5. The minimum Gasteiger partial charge on any atom is -0.496 e. The largest absolute Gasteiger partial charge is 0.496 e. The van der Waals surface area contributed by atoms with Gasteiger partial charge in [-0.1, -0.05) is 58.0 Å². The standard InChI is InChI=1S/C23H31NO3/c1-7-19(17-12-13-20(26-6)16(2)14-17)24-22(25)15-27-21-11-9-8-10-18(21)23(3,4)5/h8-14,19H,7,15H2,1-6H3,(H,24,25)/t19-/m1/s1. The molecule has 0 saturated heterocycles. The molecule has 1 N–H and O–H groups in total. The number of hydrogen-bond donors (Lipinski definition) is 1. The first-order valence-electron chi connectivity index (χ1n) is 9.42. The summed E-state index contributed by atoms with van der Waals surface area (Å²) in [5.41, 5.74) is 3.17. The summed E-state index contributed by atoms with van der Waals surface area (Å²) < 4.78 is 11.1. The lowest BCUT2D eigenvalue weighted by atomic mass is 9.86. The lowest BCUT2D eigenvalue weighted by Gasteiger charge is -2.23. The van der Waals surface area contributed by atoms with Crippen LogP contribution in [0.4, 0.5) is 0 Å². The molecule has 0 fully saturated rings. The van der Waals surface area contributed by atoms with E-state index in [-0.39, 0.29) is 24.0 Å². The van der Waals surface area contributed by atoms with Gasteiger partial charge in [0.05, 0.1) is 13.2 Å². The molecule has 0 aliphatic rings. The highest BCUT2D eigenvalue weighted by Crippen LogP contribution is 2.31. The van der Waals surface area contributed by atoms with E-state index in [2.05, 4.69) is 39.1 Å². The minimum atomic E-state index is -0.126. The quantitative estimate of drug-likeness (QED) is 0.751. The van der Waals surface area contributed by atoms with E-state index in [4.69, 9.17) is 9.47 Å². The average Bonchev–Trinajstić information content (AvgIpc) is 2.63. The van der Waals surface area contributed by atoms with E-state index < -0.39 is 0 Å². The Morgan fingerprint density at radius 3 is 2.41 bits per heavy atom. The van der Waals surface area contributed by atoms with Gasteiger partial charge in [0.2, 0.25) is 0 Å². The van der Waals surface area contributed by atoms with E-state index in [1.807, 2.05) is 43.3 Å². The summed E-state index contributed by atoms with van der Waals surface area (Å²) >= 11 is 0. The Morgan fingerprint density at radius 1 is 1.11 bits per heavy atom. The van der Waals surface area contributed by atoms with Crippen molar-refractivity contribution in [2.24, 2.45) is 0 Å². The summed E-state index contributed by atoms with van der Waals surface area (Å²) in [5, 5.41) is 3.07. The van der Waals surface area contributed by atoms with Crippen molar-refractivity contribution in [3.05, 3.63) is 59.2 Å². The van der Waals surface area contributed by atoms with Gasteiger partial charge in [0, 0.05) is 0 Å². The highest BCUT2D eigenvalue weighted by atomic mass is 16.5. The van der Waals surface area contributed by atoms with E-state index in [9.17, 15) is 4.79 Å². The van der Waals surface area contributed by atoms with Crippen molar-refractivity contribution < 1.29 is 14.3 Å². The Bertz CT molecular complexity index is 777. The number of nitrogens with one attached hydrogen (secondary N) is 1. The monoisotopic (exact) mass is 369 g/mol. The number of aryl methyl sites for hydroxylation is 1. The van der Waals surface area contributed by atoms with Crippen LogP contribution in [0.3, 0.4) is 0 Å². The third-order valence-electron chi connectivity index (χ3n) is 4.62. The number of hydrogen-bond acceptors (Lipinski definition) is 3. The lowest BCUT2D eigenvalue weighted by Crippen LogP contribution is -2.32. The van der Waals surface area contributed by atoms with Crippen LogP contribution in [-0.4, -0.2) is 19.6 Å². The zero-order valence-corrected chi connectivity index (χ0v) is 17.3. The van der Waals surface area contributed by atoms with Gasteiger partial charge in [-0.05, 0) is 47.6 Å². The molecule has 0 heterocycles. The summed E-state index contributed by atoms with van der Waals surface area (Å²) in [6.45, 7) is 10.5. The summed E-state index contributed by atoms with van der Waals surface area (Å²) in [7, 11) is 1.66. The summed E-state index contributed by atoms with van der Waals surface area (Å²) in [6.07, 6.45) is 0.802. The van der Waals surface area contributed by atoms with Gasteiger partial charge >= 0.3 is 0 Å². The van der Waals surface area contributed by atoms with E-state index in [0.29, 0.717) is 0 Å². The second-order valence-electron chi connectivity index (χ2n) is 7.79. The van der Waals surface area contributed by atoms with Crippen molar-refractivity contribution in [3.8, 4) is 11.5 Å². The van der Waals surface area contributed by atoms with E-state index in [0.717, 1.165) is 34.6 Å². The molecular weight excluding hydrogens is 338 g/mol. The van der Waals surface area contributed by atoms with Crippen molar-refractivity contribution >= 4 is 5.91 Å². The van der Waals surface area contributed by atoms with Crippen LogP contribution in [0, 0.1) is 6.92 Å². The molecule has 0 aromatic heterocycles. The predicted molar refractivity (Wildman–Crippen MR) is 110 cm³/mol. The zero-order valence-electron chi connectivity index (χ0n) is 17.3. The van der Waals surface area contributed by atoms with E-state index in [1.165, 1.54) is 0 Å². The van der Waals surface area contributed by atoms with Crippen LogP contribution in [0.2, 0.25) is 0 Å². The number of benzene rings is 2. The molecule has 4 heteroatoms. The fourth-order valence-electron chi connectivity index (χ4n) is 3.13. The molecule has 27 heavy (non-hydrogen) atoms. The van der Waals surface area contributed by atoms with Gasteiger partial charge in [-0.2, -0.15) is 0 Å².